The molecule has 1 rings (SSSR count). The Morgan fingerprint density at radius 2 is 2.00 bits per heavy atom. The molecule has 1 N–H and O–H groups in total. The van der Waals surface area contributed by atoms with Crippen molar-refractivity contribution >= 4 is 26.0 Å². The predicted molar refractivity (Wildman–Crippen MR) is 74.0 cm³/mol. The van der Waals surface area contributed by atoms with E-state index in [0.29, 0.717) is 4.90 Å². The van der Waals surface area contributed by atoms with Gasteiger partial charge in [0.1, 0.15) is 0 Å². The van der Waals surface area contributed by atoms with Gasteiger partial charge in [-0.15, -0.1) is 0 Å². The fourth-order valence-electron chi connectivity index (χ4n) is 1.65. The fraction of sp³-hybridized carbons (Fsp3) is 0.500. The molecular formula is C12H18BrNO2S. The molecule has 2 atom stereocenters. The van der Waals surface area contributed by atoms with E-state index in [1.54, 1.807) is 18.2 Å². The summed E-state index contributed by atoms with van der Waals surface area (Å²) < 4.78 is 26.8. The molecule has 17 heavy (non-hydrogen) atoms. The first-order chi connectivity index (χ1) is 7.81. The van der Waals surface area contributed by atoms with Gasteiger partial charge in [-0.25, -0.2) is 13.1 Å². The van der Waals surface area contributed by atoms with E-state index in [9.17, 15) is 8.42 Å². The van der Waals surface area contributed by atoms with E-state index in [1.807, 2.05) is 26.8 Å². The highest BCUT2D eigenvalue weighted by atomic mass is 79.9. The predicted octanol–water partition coefficient (Wildman–Crippen LogP) is 2.84. The fourth-order valence-corrected chi connectivity index (χ4v) is 3.57. The Morgan fingerprint density at radius 3 is 2.53 bits per heavy atom. The van der Waals surface area contributed by atoms with E-state index >= 15 is 0 Å². The van der Waals surface area contributed by atoms with Crippen LogP contribution in [0.2, 0.25) is 0 Å². The second-order valence-corrected chi connectivity index (χ2v) is 7.63. The van der Waals surface area contributed by atoms with Crippen LogP contribution in [0.25, 0.3) is 0 Å². The number of rotatable bonds is 5. The van der Waals surface area contributed by atoms with Crippen molar-refractivity contribution < 1.29 is 8.42 Å². The molecule has 0 heterocycles. The zero-order valence-corrected chi connectivity index (χ0v) is 12.7. The number of hydrogen-bond donors (Lipinski definition) is 1. The molecule has 0 aliphatic rings. The second kappa shape index (κ2) is 5.98. The molecule has 0 spiro atoms. The molecule has 96 valence electrons. The van der Waals surface area contributed by atoms with Crippen LogP contribution in [0.5, 0.6) is 0 Å². The Kier molecular flexibility index (Phi) is 5.16. The summed E-state index contributed by atoms with van der Waals surface area (Å²) in [7, 11) is -3.40. The number of hydrogen-bond acceptors (Lipinski definition) is 2. The first-order valence-electron chi connectivity index (χ1n) is 5.54. The molecule has 0 aromatic heterocycles. The van der Waals surface area contributed by atoms with Crippen molar-refractivity contribution in [3.05, 3.63) is 29.8 Å². The van der Waals surface area contributed by atoms with Gasteiger partial charge in [-0.3, -0.25) is 0 Å². The van der Waals surface area contributed by atoms with Gasteiger partial charge in [-0.1, -0.05) is 35.0 Å². The van der Waals surface area contributed by atoms with Crippen LogP contribution >= 0.6 is 15.9 Å². The standard InChI is InChI=1S/C12H18BrNO2S/c1-9-5-4-6-12(7-9)17(15,16)14-11(3)8-10(2)13/h4-7,10-11,14H,8H2,1-3H3. The minimum atomic E-state index is -3.40. The van der Waals surface area contributed by atoms with Gasteiger partial charge >= 0.3 is 0 Å². The minimum absolute atomic E-state index is 0.0881. The second-order valence-electron chi connectivity index (χ2n) is 4.36. The van der Waals surface area contributed by atoms with Crippen LogP contribution in [0.1, 0.15) is 25.8 Å². The maximum absolute atomic E-state index is 12.0. The quantitative estimate of drug-likeness (QED) is 0.848. The van der Waals surface area contributed by atoms with Crippen LogP contribution in [0, 0.1) is 6.92 Å². The van der Waals surface area contributed by atoms with Crippen LogP contribution in [0.4, 0.5) is 0 Å². The number of benzene rings is 1. The number of aryl methyl sites for hydroxylation is 1. The minimum Gasteiger partial charge on any atom is -0.208 e. The zero-order chi connectivity index (χ0) is 13.1. The number of halogens is 1. The van der Waals surface area contributed by atoms with Crippen molar-refractivity contribution in [2.45, 2.75) is 43.0 Å². The molecule has 0 aliphatic carbocycles. The number of alkyl halides is 1. The summed E-state index contributed by atoms with van der Waals surface area (Å²) in [6.45, 7) is 5.74. The largest absolute Gasteiger partial charge is 0.240 e. The van der Waals surface area contributed by atoms with Gasteiger partial charge in [-0.2, -0.15) is 0 Å². The summed E-state index contributed by atoms with van der Waals surface area (Å²) >= 11 is 3.42. The van der Waals surface area contributed by atoms with E-state index in [4.69, 9.17) is 0 Å². The van der Waals surface area contributed by atoms with Crippen molar-refractivity contribution in [2.24, 2.45) is 0 Å². The molecule has 0 aliphatic heterocycles. The van der Waals surface area contributed by atoms with Crippen molar-refractivity contribution in [1.82, 2.24) is 4.72 Å². The van der Waals surface area contributed by atoms with Crippen LogP contribution in [-0.4, -0.2) is 19.3 Å². The summed E-state index contributed by atoms with van der Waals surface area (Å²) in [5, 5.41) is 0. The maximum atomic E-state index is 12.0. The topological polar surface area (TPSA) is 46.2 Å². The summed E-state index contributed by atoms with van der Waals surface area (Å²) in [6, 6.07) is 6.83. The van der Waals surface area contributed by atoms with E-state index in [-0.39, 0.29) is 10.9 Å². The third-order valence-corrected chi connectivity index (χ3v) is 4.30. The molecule has 0 fully saturated rings. The number of sulfonamides is 1. The summed E-state index contributed by atoms with van der Waals surface area (Å²) in [6.07, 6.45) is 0.755. The first kappa shape index (κ1) is 14.7. The SMILES string of the molecule is Cc1cccc(S(=O)(=O)NC(C)CC(C)Br)c1. The molecular weight excluding hydrogens is 302 g/mol. The van der Waals surface area contributed by atoms with Gasteiger partial charge in [0.2, 0.25) is 10.0 Å². The molecule has 1 aromatic rings. The summed E-state index contributed by atoms with van der Waals surface area (Å²) in [5.74, 6) is 0. The van der Waals surface area contributed by atoms with Crippen LogP contribution in [0.3, 0.4) is 0 Å². The Balaban J connectivity index is 2.82. The van der Waals surface area contributed by atoms with E-state index in [2.05, 4.69) is 20.7 Å². The summed E-state index contributed by atoms with van der Waals surface area (Å²) in [4.78, 5) is 0.615. The van der Waals surface area contributed by atoms with Gasteiger partial charge in [0.25, 0.3) is 0 Å². The highest BCUT2D eigenvalue weighted by molar-refractivity contribution is 9.09. The molecule has 0 saturated heterocycles. The van der Waals surface area contributed by atoms with Crippen molar-refractivity contribution in [3.63, 3.8) is 0 Å². The van der Waals surface area contributed by atoms with Gasteiger partial charge in [0.15, 0.2) is 0 Å². The van der Waals surface area contributed by atoms with Crippen LogP contribution in [0.15, 0.2) is 29.2 Å². The summed E-state index contributed by atoms with van der Waals surface area (Å²) in [5.41, 5.74) is 0.939. The normalized spacial score (nSPS) is 15.5. The Hall–Kier alpha value is -0.390. The zero-order valence-electron chi connectivity index (χ0n) is 10.3. The highest BCUT2D eigenvalue weighted by Crippen LogP contribution is 2.13. The van der Waals surface area contributed by atoms with Crippen LogP contribution < -0.4 is 4.72 Å². The lowest BCUT2D eigenvalue weighted by atomic mass is 10.2. The lowest BCUT2D eigenvalue weighted by molar-refractivity contribution is 0.548. The maximum Gasteiger partial charge on any atom is 0.240 e. The van der Waals surface area contributed by atoms with Gasteiger partial charge < -0.3 is 0 Å². The Morgan fingerprint density at radius 1 is 1.35 bits per heavy atom. The molecule has 1 aromatic carbocycles. The van der Waals surface area contributed by atoms with Crippen LogP contribution in [-0.2, 0) is 10.0 Å². The first-order valence-corrected chi connectivity index (χ1v) is 7.94. The molecule has 0 saturated carbocycles. The molecule has 5 heteroatoms. The third kappa shape index (κ3) is 4.77. The average Bonchev–Trinajstić information content (AvgIpc) is 2.15. The van der Waals surface area contributed by atoms with E-state index in [0.717, 1.165) is 12.0 Å². The van der Waals surface area contributed by atoms with Gasteiger partial charge in [-0.05, 0) is 38.0 Å². The molecule has 3 nitrogen and oxygen atoms in total. The van der Waals surface area contributed by atoms with Crippen molar-refractivity contribution in [3.8, 4) is 0 Å². The van der Waals surface area contributed by atoms with Crippen molar-refractivity contribution in [2.75, 3.05) is 0 Å². The monoisotopic (exact) mass is 319 g/mol. The van der Waals surface area contributed by atoms with Gasteiger partial charge in [0.05, 0.1) is 4.90 Å². The van der Waals surface area contributed by atoms with Crippen molar-refractivity contribution in [1.29, 1.82) is 0 Å². The Bertz CT molecular complexity index is 471. The third-order valence-electron chi connectivity index (χ3n) is 2.33. The molecule has 0 radical (unpaired) electrons. The van der Waals surface area contributed by atoms with Gasteiger partial charge in [0, 0.05) is 10.9 Å². The number of nitrogens with one attached hydrogen (secondary N) is 1. The molecule has 2 unspecified atom stereocenters. The van der Waals surface area contributed by atoms with E-state index < -0.39 is 10.0 Å². The highest BCUT2D eigenvalue weighted by Gasteiger charge is 2.18. The average molecular weight is 320 g/mol. The molecule has 0 amide bonds. The Labute approximate surface area is 112 Å². The lowest BCUT2D eigenvalue weighted by Crippen LogP contribution is -2.33. The van der Waals surface area contributed by atoms with E-state index in [1.165, 1.54) is 0 Å². The smallest absolute Gasteiger partial charge is 0.208 e. The molecule has 0 bridgehead atoms. The lowest BCUT2D eigenvalue weighted by Gasteiger charge is -2.15.